The van der Waals surface area contributed by atoms with Crippen LogP contribution in [0.25, 0.3) is 0 Å². The van der Waals surface area contributed by atoms with E-state index in [0.29, 0.717) is 24.0 Å². The molecule has 1 unspecified atom stereocenters. The Kier molecular flexibility index (Phi) is 5.74. The summed E-state index contributed by atoms with van der Waals surface area (Å²) in [5, 5.41) is 10.4. The minimum absolute atomic E-state index is 0.0449. The van der Waals surface area contributed by atoms with Gasteiger partial charge in [-0.15, -0.1) is 0 Å². The molecule has 0 saturated heterocycles. The van der Waals surface area contributed by atoms with Gasteiger partial charge in [-0.1, -0.05) is 36.9 Å². The molecule has 0 aromatic heterocycles. The predicted molar refractivity (Wildman–Crippen MR) is 104 cm³/mol. The molecule has 25 heavy (non-hydrogen) atoms. The smallest absolute Gasteiger partial charge is 0.224 e. The quantitative estimate of drug-likeness (QED) is 0.721. The minimum atomic E-state index is -0.507. The lowest BCUT2D eigenvalue weighted by atomic mass is 9.94. The maximum atomic E-state index is 12.4. The van der Waals surface area contributed by atoms with Gasteiger partial charge in [-0.25, -0.2) is 0 Å². The number of carbonyl (C=O) groups excluding carboxylic acids is 1. The number of nitrogens with one attached hydrogen (secondary N) is 3. The second-order valence-corrected chi connectivity index (χ2v) is 7.95. The van der Waals surface area contributed by atoms with E-state index in [9.17, 15) is 4.79 Å². The molecule has 0 bridgehead atoms. The molecule has 5 nitrogen and oxygen atoms in total. The van der Waals surface area contributed by atoms with Gasteiger partial charge in [0.05, 0.1) is 22.8 Å². The summed E-state index contributed by atoms with van der Waals surface area (Å²) in [6.45, 7) is 3.58. The highest BCUT2D eigenvalue weighted by Crippen LogP contribution is 2.40. The normalized spacial score (nSPS) is 23.0. The van der Waals surface area contributed by atoms with Gasteiger partial charge in [0.1, 0.15) is 5.66 Å². The van der Waals surface area contributed by atoms with Gasteiger partial charge < -0.3 is 20.9 Å². The maximum Gasteiger partial charge on any atom is 0.224 e. The number of halogens is 1. The molecule has 3 N–H and O–H groups in total. The van der Waals surface area contributed by atoms with Crippen molar-refractivity contribution >= 4 is 28.9 Å². The molecule has 1 fully saturated rings. The molecule has 2 aliphatic rings. The van der Waals surface area contributed by atoms with Crippen molar-refractivity contribution < 1.29 is 4.79 Å². The van der Waals surface area contributed by atoms with E-state index in [1.54, 1.807) is 0 Å². The Labute approximate surface area is 155 Å². The van der Waals surface area contributed by atoms with E-state index in [1.165, 1.54) is 32.1 Å². The van der Waals surface area contributed by atoms with Crippen molar-refractivity contribution in [2.24, 2.45) is 0 Å². The zero-order valence-electron chi connectivity index (χ0n) is 15.2. The van der Waals surface area contributed by atoms with Crippen LogP contribution in [0.5, 0.6) is 0 Å². The van der Waals surface area contributed by atoms with Crippen molar-refractivity contribution in [2.45, 2.75) is 57.2 Å². The highest BCUT2D eigenvalue weighted by molar-refractivity contribution is 6.34. The van der Waals surface area contributed by atoms with Crippen LogP contribution in [0.4, 0.5) is 11.4 Å². The van der Waals surface area contributed by atoms with Crippen LogP contribution in [0, 0.1) is 0 Å². The number of anilines is 2. The van der Waals surface area contributed by atoms with Crippen molar-refractivity contribution in [2.75, 3.05) is 30.8 Å². The predicted octanol–water partition coefficient (Wildman–Crippen LogP) is 3.66. The molecule has 138 valence electrons. The van der Waals surface area contributed by atoms with Gasteiger partial charge in [-0.2, -0.15) is 0 Å². The first kappa shape index (κ1) is 18.3. The standard InChI is InChI=1S/C19H29ClN4O/c1-19(22-16-10-6-9-15(20)18(16)23-19)13-17(25)21-11-12-24(2)14-7-4-3-5-8-14/h6,9-10,14,22-23H,3-5,7-8,11-13H2,1-2H3,(H,21,25). The first-order valence-electron chi connectivity index (χ1n) is 9.29. The van der Waals surface area contributed by atoms with E-state index in [1.807, 2.05) is 25.1 Å². The van der Waals surface area contributed by atoms with Crippen LogP contribution in [0.15, 0.2) is 18.2 Å². The molecule has 6 heteroatoms. The third-order valence-electron chi connectivity index (χ3n) is 5.32. The number of benzene rings is 1. The van der Waals surface area contributed by atoms with Crippen molar-refractivity contribution in [1.29, 1.82) is 0 Å². The zero-order chi connectivity index (χ0) is 17.9. The van der Waals surface area contributed by atoms with E-state index < -0.39 is 5.66 Å². The fourth-order valence-electron chi connectivity index (χ4n) is 3.91. The molecular formula is C19H29ClN4O. The Bertz CT molecular complexity index is 617. The molecule has 1 atom stereocenters. The lowest BCUT2D eigenvalue weighted by Gasteiger charge is -2.31. The van der Waals surface area contributed by atoms with Crippen LogP contribution >= 0.6 is 11.6 Å². The van der Waals surface area contributed by atoms with Gasteiger partial charge in [0.2, 0.25) is 5.91 Å². The van der Waals surface area contributed by atoms with E-state index in [0.717, 1.165) is 17.9 Å². The minimum Gasteiger partial charge on any atom is -0.361 e. The Morgan fingerprint density at radius 2 is 2.08 bits per heavy atom. The second-order valence-electron chi connectivity index (χ2n) is 7.54. The second kappa shape index (κ2) is 7.83. The van der Waals surface area contributed by atoms with Crippen LogP contribution in [0.2, 0.25) is 5.02 Å². The van der Waals surface area contributed by atoms with E-state index >= 15 is 0 Å². The molecule has 1 aromatic rings. The molecule has 1 amide bonds. The van der Waals surface area contributed by atoms with Crippen molar-refractivity contribution in [1.82, 2.24) is 10.2 Å². The summed E-state index contributed by atoms with van der Waals surface area (Å²) in [5.41, 5.74) is 1.31. The SMILES string of the molecule is CN(CCNC(=O)CC1(C)Nc2cccc(Cl)c2N1)C1CCCCC1. The fourth-order valence-corrected chi connectivity index (χ4v) is 4.13. The molecule has 0 radical (unpaired) electrons. The highest BCUT2D eigenvalue weighted by atomic mass is 35.5. The van der Waals surface area contributed by atoms with Gasteiger partial charge in [-0.3, -0.25) is 4.79 Å². The van der Waals surface area contributed by atoms with Gasteiger partial charge in [0, 0.05) is 19.1 Å². The van der Waals surface area contributed by atoms with Gasteiger partial charge in [0.25, 0.3) is 0 Å². The summed E-state index contributed by atoms with van der Waals surface area (Å²) in [6.07, 6.45) is 6.96. The van der Waals surface area contributed by atoms with Crippen molar-refractivity contribution in [3.8, 4) is 0 Å². The first-order chi connectivity index (χ1) is 12.0. The van der Waals surface area contributed by atoms with Crippen LogP contribution in [-0.4, -0.2) is 42.6 Å². The number of carbonyl (C=O) groups is 1. The molecule has 1 aliphatic heterocycles. The average molecular weight is 365 g/mol. The summed E-state index contributed by atoms with van der Waals surface area (Å²) in [6, 6.07) is 6.40. The third kappa shape index (κ3) is 4.59. The number of nitrogens with zero attached hydrogens (tertiary/aromatic N) is 1. The molecule has 1 aromatic carbocycles. The first-order valence-corrected chi connectivity index (χ1v) is 9.66. The van der Waals surface area contributed by atoms with Crippen LogP contribution in [0.3, 0.4) is 0 Å². The number of hydrogen-bond acceptors (Lipinski definition) is 4. The number of rotatable bonds is 6. The summed E-state index contributed by atoms with van der Waals surface area (Å²) in [5.74, 6) is 0.0449. The fraction of sp³-hybridized carbons (Fsp3) is 0.632. The van der Waals surface area contributed by atoms with Gasteiger partial charge in [0.15, 0.2) is 0 Å². The summed E-state index contributed by atoms with van der Waals surface area (Å²) in [4.78, 5) is 14.7. The van der Waals surface area contributed by atoms with Crippen LogP contribution < -0.4 is 16.0 Å². The van der Waals surface area contributed by atoms with E-state index in [-0.39, 0.29) is 5.91 Å². The van der Waals surface area contributed by atoms with E-state index in [4.69, 9.17) is 11.6 Å². The number of para-hydroxylation sites is 1. The summed E-state index contributed by atoms with van der Waals surface area (Å²) in [7, 11) is 2.17. The van der Waals surface area contributed by atoms with Gasteiger partial charge >= 0.3 is 0 Å². The molecular weight excluding hydrogens is 336 g/mol. The van der Waals surface area contributed by atoms with Crippen LogP contribution in [0.1, 0.15) is 45.4 Å². The molecule has 1 aliphatic carbocycles. The Morgan fingerprint density at radius 1 is 1.32 bits per heavy atom. The molecule has 1 saturated carbocycles. The largest absolute Gasteiger partial charge is 0.361 e. The Morgan fingerprint density at radius 3 is 2.80 bits per heavy atom. The number of likely N-dealkylation sites (N-methyl/N-ethyl adjacent to an activating group) is 1. The molecule has 3 rings (SSSR count). The van der Waals surface area contributed by atoms with Crippen molar-refractivity contribution in [3.05, 3.63) is 23.2 Å². The zero-order valence-corrected chi connectivity index (χ0v) is 16.0. The number of hydrogen-bond donors (Lipinski definition) is 3. The average Bonchev–Trinajstić information content (AvgIpc) is 2.93. The summed E-state index contributed by atoms with van der Waals surface area (Å²) < 4.78 is 0. The lowest BCUT2D eigenvalue weighted by Crippen LogP contribution is -2.45. The monoisotopic (exact) mass is 364 g/mol. The number of fused-ring (bicyclic) bond motifs is 1. The van der Waals surface area contributed by atoms with Gasteiger partial charge in [-0.05, 0) is 38.9 Å². The highest BCUT2D eigenvalue weighted by Gasteiger charge is 2.34. The van der Waals surface area contributed by atoms with E-state index in [2.05, 4.69) is 27.9 Å². The topological polar surface area (TPSA) is 56.4 Å². The molecule has 1 heterocycles. The Hall–Kier alpha value is -1.46. The lowest BCUT2D eigenvalue weighted by molar-refractivity contribution is -0.121. The third-order valence-corrected chi connectivity index (χ3v) is 5.64. The summed E-state index contributed by atoms with van der Waals surface area (Å²) >= 11 is 6.22. The van der Waals surface area contributed by atoms with Crippen molar-refractivity contribution in [3.63, 3.8) is 0 Å². The maximum absolute atomic E-state index is 12.4. The van der Waals surface area contributed by atoms with Crippen LogP contribution in [-0.2, 0) is 4.79 Å². The number of amides is 1. The Balaban J connectivity index is 1.43. The molecule has 0 spiro atoms.